The lowest BCUT2D eigenvalue weighted by molar-refractivity contribution is -0.145. The van der Waals surface area contributed by atoms with Crippen LogP contribution in [0.4, 0.5) is 0 Å². The molecular formula is C18H20Cl2N2O3S. The van der Waals surface area contributed by atoms with Gasteiger partial charge in [0.15, 0.2) is 0 Å². The van der Waals surface area contributed by atoms with E-state index >= 15 is 0 Å². The van der Waals surface area contributed by atoms with Crippen molar-refractivity contribution in [2.45, 2.75) is 38.1 Å². The van der Waals surface area contributed by atoms with Crippen molar-refractivity contribution in [1.82, 2.24) is 10.3 Å². The number of thiazole rings is 1. The van der Waals surface area contributed by atoms with Crippen LogP contribution in [0.3, 0.4) is 0 Å². The van der Waals surface area contributed by atoms with E-state index in [2.05, 4.69) is 10.3 Å². The summed E-state index contributed by atoms with van der Waals surface area (Å²) >= 11 is 13.3. The molecule has 2 aromatic rings. The minimum absolute atomic E-state index is 0.168. The maximum atomic E-state index is 12.1. The molecule has 5 nitrogen and oxygen atoms in total. The van der Waals surface area contributed by atoms with Crippen molar-refractivity contribution in [3.8, 4) is 0 Å². The van der Waals surface area contributed by atoms with Crippen molar-refractivity contribution < 1.29 is 14.3 Å². The topological polar surface area (TPSA) is 68.3 Å². The van der Waals surface area contributed by atoms with E-state index in [1.807, 2.05) is 12.1 Å². The van der Waals surface area contributed by atoms with E-state index < -0.39 is 12.0 Å². The average molecular weight is 415 g/mol. The van der Waals surface area contributed by atoms with Gasteiger partial charge in [-0.25, -0.2) is 4.79 Å². The summed E-state index contributed by atoms with van der Waals surface area (Å²) in [6, 6.07) is 4.85. The first-order chi connectivity index (χ1) is 12.5. The monoisotopic (exact) mass is 414 g/mol. The molecule has 0 saturated heterocycles. The minimum atomic E-state index is -0.692. The second kappa shape index (κ2) is 10.5. The Morgan fingerprint density at radius 2 is 2.08 bits per heavy atom. The summed E-state index contributed by atoms with van der Waals surface area (Å²) in [5.41, 5.74) is 2.77. The largest absolute Gasteiger partial charge is 0.467 e. The van der Waals surface area contributed by atoms with Gasteiger partial charge in [0.1, 0.15) is 6.04 Å². The molecule has 0 aliphatic heterocycles. The Balaban J connectivity index is 1.76. The zero-order valence-electron chi connectivity index (χ0n) is 14.3. The molecule has 1 aromatic heterocycles. The van der Waals surface area contributed by atoms with Gasteiger partial charge in [0.05, 0.1) is 22.7 Å². The summed E-state index contributed by atoms with van der Waals surface area (Å²) in [4.78, 5) is 28.9. The van der Waals surface area contributed by atoms with Crippen LogP contribution in [0.15, 0.2) is 29.9 Å². The summed E-state index contributed by atoms with van der Waals surface area (Å²) in [5, 5.41) is 3.81. The molecule has 26 heavy (non-hydrogen) atoms. The number of nitrogens with zero attached hydrogens (tertiary/aromatic N) is 1. The predicted octanol–water partition coefficient (Wildman–Crippen LogP) is 4.06. The Bertz CT molecular complexity index is 738. The molecule has 0 saturated carbocycles. The number of hydrogen-bond donors (Lipinski definition) is 1. The number of amides is 1. The van der Waals surface area contributed by atoms with E-state index in [-0.39, 0.29) is 5.91 Å². The lowest BCUT2D eigenvalue weighted by Crippen LogP contribution is -2.42. The number of carbonyl (C=O) groups excluding carboxylic acids is 2. The van der Waals surface area contributed by atoms with Gasteiger partial charge in [0, 0.05) is 23.9 Å². The number of hydrogen-bond acceptors (Lipinski definition) is 5. The van der Waals surface area contributed by atoms with Crippen LogP contribution in [0, 0.1) is 0 Å². The van der Waals surface area contributed by atoms with E-state index in [1.165, 1.54) is 18.4 Å². The first kappa shape index (κ1) is 20.7. The number of methoxy groups -OCH3 is 1. The van der Waals surface area contributed by atoms with Gasteiger partial charge in [-0.1, -0.05) is 29.3 Å². The lowest BCUT2D eigenvalue weighted by Gasteiger charge is -2.15. The molecule has 0 fully saturated rings. The van der Waals surface area contributed by atoms with Crippen molar-refractivity contribution in [3.63, 3.8) is 0 Å². The Morgan fingerprint density at radius 1 is 1.27 bits per heavy atom. The molecule has 1 N–H and O–H groups in total. The van der Waals surface area contributed by atoms with Crippen LogP contribution in [0.2, 0.25) is 10.0 Å². The summed E-state index contributed by atoms with van der Waals surface area (Å²) in [6.45, 7) is 0. The van der Waals surface area contributed by atoms with E-state index in [0.717, 1.165) is 23.3 Å². The first-order valence-electron chi connectivity index (χ1n) is 8.18. The molecule has 0 aliphatic carbocycles. The lowest BCUT2D eigenvalue weighted by atomic mass is 10.1. The van der Waals surface area contributed by atoms with Crippen molar-refractivity contribution in [2.24, 2.45) is 0 Å². The summed E-state index contributed by atoms with van der Waals surface area (Å²) in [5.74, 6) is -0.624. The third-order valence-electron chi connectivity index (χ3n) is 3.81. The van der Waals surface area contributed by atoms with Crippen molar-refractivity contribution in [2.75, 3.05) is 7.11 Å². The van der Waals surface area contributed by atoms with Crippen molar-refractivity contribution in [3.05, 3.63) is 50.4 Å². The Hall–Kier alpha value is -1.63. The van der Waals surface area contributed by atoms with Gasteiger partial charge in [-0.3, -0.25) is 9.78 Å². The van der Waals surface area contributed by atoms with Gasteiger partial charge < -0.3 is 10.1 Å². The fourth-order valence-electron chi connectivity index (χ4n) is 2.46. The molecule has 1 amide bonds. The van der Waals surface area contributed by atoms with Crippen LogP contribution in [0.1, 0.15) is 29.7 Å². The number of rotatable bonds is 9. The second-order valence-electron chi connectivity index (χ2n) is 5.77. The van der Waals surface area contributed by atoms with Crippen LogP contribution in [-0.2, 0) is 27.2 Å². The quantitative estimate of drug-likeness (QED) is 0.495. The third kappa shape index (κ3) is 6.59. The standard InChI is InChI=1S/C18H20Cl2N2O3S/c1-25-18(24)16(9-13-10-21-11-26-13)22-17(23)5-3-2-4-12-6-7-14(19)15(20)8-12/h6-8,10-11,16H,2-5,9H2,1H3,(H,22,23). The SMILES string of the molecule is COC(=O)C(Cc1cncs1)NC(=O)CCCCc1ccc(Cl)c(Cl)c1. The maximum Gasteiger partial charge on any atom is 0.328 e. The van der Waals surface area contributed by atoms with E-state index in [9.17, 15) is 9.59 Å². The molecule has 0 radical (unpaired) electrons. The fraction of sp³-hybridized carbons (Fsp3) is 0.389. The minimum Gasteiger partial charge on any atom is -0.467 e. The first-order valence-corrected chi connectivity index (χ1v) is 9.81. The number of aryl methyl sites for hydroxylation is 1. The normalized spacial score (nSPS) is 11.8. The zero-order chi connectivity index (χ0) is 18.9. The number of aromatic nitrogens is 1. The fourth-order valence-corrected chi connectivity index (χ4v) is 3.42. The highest BCUT2D eigenvalue weighted by Gasteiger charge is 2.22. The molecular weight excluding hydrogens is 395 g/mol. The van der Waals surface area contributed by atoms with Crippen molar-refractivity contribution >= 4 is 46.4 Å². The van der Waals surface area contributed by atoms with E-state index in [1.54, 1.807) is 17.8 Å². The van der Waals surface area contributed by atoms with Gasteiger partial charge in [0.25, 0.3) is 0 Å². The van der Waals surface area contributed by atoms with E-state index in [4.69, 9.17) is 27.9 Å². The second-order valence-corrected chi connectivity index (χ2v) is 7.56. The van der Waals surface area contributed by atoms with Crippen LogP contribution in [0.25, 0.3) is 0 Å². The number of esters is 1. The van der Waals surface area contributed by atoms with Crippen molar-refractivity contribution in [1.29, 1.82) is 0 Å². The highest BCUT2D eigenvalue weighted by molar-refractivity contribution is 7.09. The van der Waals surface area contributed by atoms with E-state index in [0.29, 0.717) is 29.3 Å². The zero-order valence-corrected chi connectivity index (χ0v) is 16.7. The number of carbonyl (C=O) groups is 2. The van der Waals surface area contributed by atoms with Gasteiger partial charge in [-0.2, -0.15) is 0 Å². The Kier molecular flexibility index (Phi) is 8.35. The number of nitrogens with one attached hydrogen (secondary N) is 1. The Morgan fingerprint density at radius 3 is 2.73 bits per heavy atom. The summed E-state index contributed by atoms with van der Waals surface area (Å²) in [7, 11) is 1.31. The van der Waals surface area contributed by atoms with Gasteiger partial charge in [0.2, 0.25) is 5.91 Å². The molecule has 0 aliphatic rings. The van der Waals surface area contributed by atoms with Gasteiger partial charge >= 0.3 is 5.97 Å². The predicted molar refractivity (Wildman–Crippen MR) is 104 cm³/mol. The molecule has 1 heterocycles. The van der Waals surface area contributed by atoms with Gasteiger partial charge in [-0.05, 0) is 37.0 Å². The Labute approximate surface area is 166 Å². The molecule has 8 heteroatoms. The summed E-state index contributed by atoms with van der Waals surface area (Å²) in [6.07, 6.45) is 4.77. The third-order valence-corrected chi connectivity index (χ3v) is 5.35. The smallest absolute Gasteiger partial charge is 0.328 e. The summed E-state index contributed by atoms with van der Waals surface area (Å²) < 4.78 is 4.77. The number of ether oxygens (including phenoxy) is 1. The highest BCUT2D eigenvalue weighted by atomic mass is 35.5. The molecule has 2 rings (SSSR count). The molecule has 1 atom stereocenters. The molecule has 1 unspecified atom stereocenters. The van der Waals surface area contributed by atoms with Crippen LogP contribution < -0.4 is 5.32 Å². The highest BCUT2D eigenvalue weighted by Crippen LogP contribution is 2.23. The van der Waals surface area contributed by atoms with Crippen LogP contribution >= 0.6 is 34.5 Å². The molecule has 0 spiro atoms. The maximum absolute atomic E-state index is 12.1. The van der Waals surface area contributed by atoms with Crippen LogP contribution in [0.5, 0.6) is 0 Å². The number of unbranched alkanes of at least 4 members (excludes halogenated alkanes) is 1. The molecule has 140 valence electrons. The molecule has 0 bridgehead atoms. The number of benzene rings is 1. The average Bonchev–Trinajstić information content (AvgIpc) is 3.13. The van der Waals surface area contributed by atoms with Crippen LogP contribution in [-0.4, -0.2) is 30.0 Å². The molecule has 1 aromatic carbocycles. The number of halogens is 2. The van der Waals surface area contributed by atoms with Gasteiger partial charge in [-0.15, -0.1) is 11.3 Å².